The SMILES string of the molecule is C[C@H]1CC2CC1CC21COC(=O)C1. The summed E-state index contributed by atoms with van der Waals surface area (Å²) in [6.07, 6.45) is 4.66. The molecule has 4 atom stereocenters. The lowest BCUT2D eigenvalue weighted by atomic mass is 9.70. The number of hydrogen-bond acceptors (Lipinski definition) is 2. The quantitative estimate of drug-likeness (QED) is 0.533. The maximum absolute atomic E-state index is 11.1. The number of esters is 1. The molecule has 3 aliphatic rings. The maximum Gasteiger partial charge on any atom is 0.306 e. The molecular formula is C11H16O2. The first-order valence-corrected chi connectivity index (χ1v) is 5.35. The summed E-state index contributed by atoms with van der Waals surface area (Å²) in [5, 5.41) is 0. The summed E-state index contributed by atoms with van der Waals surface area (Å²) in [7, 11) is 0. The zero-order valence-electron chi connectivity index (χ0n) is 8.08. The third kappa shape index (κ3) is 0.918. The molecule has 72 valence electrons. The molecule has 2 heteroatoms. The van der Waals surface area contributed by atoms with Gasteiger partial charge in [-0.25, -0.2) is 0 Å². The molecule has 1 spiro atoms. The summed E-state index contributed by atoms with van der Waals surface area (Å²) in [6.45, 7) is 3.08. The topological polar surface area (TPSA) is 26.3 Å². The van der Waals surface area contributed by atoms with E-state index < -0.39 is 0 Å². The van der Waals surface area contributed by atoms with E-state index in [-0.39, 0.29) is 11.4 Å². The minimum atomic E-state index is 0.0419. The van der Waals surface area contributed by atoms with Crippen molar-refractivity contribution < 1.29 is 9.53 Å². The van der Waals surface area contributed by atoms with E-state index in [9.17, 15) is 4.79 Å². The Morgan fingerprint density at radius 1 is 1.46 bits per heavy atom. The van der Waals surface area contributed by atoms with Crippen LogP contribution in [0.4, 0.5) is 0 Å². The van der Waals surface area contributed by atoms with Crippen LogP contribution in [-0.4, -0.2) is 12.6 Å². The second kappa shape index (κ2) is 2.28. The normalized spacial score (nSPS) is 53.3. The molecule has 0 radical (unpaired) electrons. The summed E-state index contributed by atoms with van der Waals surface area (Å²) in [5.74, 6) is 2.62. The first kappa shape index (κ1) is 7.84. The fourth-order valence-electron chi connectivity index (χ4n) is 3.82. The lowest BCUT2D eigenvalue weighted by molar-refractivity contribution is -0.137. The van der Waals surface area contributed by atoms with E-state index in [4.69, 9.17) is 4.74 Å². The molecule has 3 fully saturated rings. The summed E-state index contributed by atoms with van der Waals surface area (Å²) < 4.78 is 5.14. The van der Waals surface area contributed by atoms with E-state index in [2.05, 4.69) is 6.92 Å². The molecule has 2 saturated carbocycles. The van der Waals surface area contributed by atoms with E-state index in [1.165, 1.54) is 19.3 Å². The van der Waals surface area contributed by atoms with Crippen molar-refractivity contribution >= 4 is 5.97 Å². The molecule has 13 heavy (non-hydrogen) atoms. The van der Waals surface area contributed by atoms with Crippen molar-refractivity contribution in [1.82, 2.24) is 0 Å². The van der Waals surface area contributed by atoms with Crippen LogP contribution >= 0.6 is 0 Å². The summed E-state index contributed by atoms with van der Waals surface area (Å²) in [6, 6.07) is 0. The van der Waals surface area contributed by atoms with Crippen molar-refractivity contribution in [2.75, 3.05) is 6.61 Å². The number of carbonyl (C=O) groups is 1. The Morgan fingerprint density at radius 3 is 2.77 bits per heavy atom. The van der Waals surface area contributed by atoms with Crippen LogP contribution in [0.15, 0.2) is 0 Å². The van der Waals surface area contributed by atoms with Gasteiger partial charge in [0.15, 0.2) is 0 Å². The minimum Gasteiger partial charge on any atom is -0.465 e. The van der Waals surface area contributed by atoms with Gasteiger partial charge in [0.05, 0.1) is 13.0 Å². The van der Waals surface area contributed by atoms with Crippen LogP contribution in [0.1, 0.15) is 32.6 Å². The van der Waals surface area contributed by atoms with E-state index in [0.717, 1.165) is 24.4 Å². The number of fused-ring (bicyclic) bond motifs is 3. The zero-order valence-corrected chi connectivity index (χ0v) is 8.08. The number of hydrogen-bond donors (Lipinski definition) is 0. The van der Waals surface area contributed by atoms with E-state index in [1.54, 1.807) is 0 Å². The van der Waals surface area contributed by atoms with Gasteiger partial charge in [0.25, 0.3) is 0 Å². The van der Waals surface area contributed by atoms with Crippen molar-refractivity contribution in [2.24, 2.45) is 23.2 Å². The van der Waals surface area contributed by atoms with Crippen LogP contribution in [0, 0.1) is 23.2 Å². The van der Waals surface area contributed by atoms with Crippen molar-refractivity contribution in [1.29, 1.82) is 0 Å². The fourth-order valence-corrected chi connectivity index (χ4v) is 3.82. The van der Waals surface area contributed by atoms with Crippen LogP contribution in [0.3, 0.4) is 0 Å². The summed E-state index contributed by atoms with van der Waals surface area (Å²) in [4.78, 5) is 11.1. The lowest BCUT2D eigenvalue weighted by Gasteiger charge is -2.33. The van der Waals surface area contributed by atoms with Crippen LogP contribution in [-0.2, 0) is 9.53 Å². The zero-order chi connectivity index (χ0) is 9.05. The van der Waals surface area contributed by atoms with Crippen molar-refractivity contribution in [3.05, 3.63) is 0 Å². The molecule has 1 heterocycles. The molecule has 1 saturated heterocycles. The fraction of sp³-hybridized carbons (Fsp3) is 0.909. The Labute approximate surface area is 78.6 Å². The Hall–Kier alpha value is -0.530. The van der Waals surface area contributed by atoms with E-state index in [0.29, 0.717) is 6.42 Å². The number of cyclic esters (lactones) is 1. The van der Waals surface area contributed by atoms with Gasteiger partial charge >= 0.3 is 5.97 Å². The van der Waals surface area contributed by atoms with Crippen LogP contribution in [0.25, 0.3) is 0 Å². The van der Waals surface area contributed by atoms with Gasteiger partial charge in [0.2, 0.25) is 0 Å². The third-order valence-corrected chi connectivity index (χ3v) is 4.60. The number of rotatable bonds is 0. The highest BCUT2D eigenvalue weighted by molar-refractivity contribution is 5.72. The predicted octanol–water partition coefficient (Wildman–Crippen LogP) is 1.99. The maximum atomic E-state index is 11.1. The van der Waals surface area contributed by atoms with Crippen LogP contribution in [0.2, 0.25) is 0 Å². The van der Waals surface area contributed by atoms with Crippen LogP contribution < -0.4 is 0 Å². The molecule has 0 N–H and O–H groups in total. The van der Waals surface area contributed by atoms with Crippen molar-refractivity contribution in [3.63, 3.8) is 0 Å². The average molecular weight is 180 g/mol. The molecular weight excluding hydrogens is 164 g/mol. The molecule has 2 nitrogen and oxygen atoms in total. The molecule has 2 aliphatic carbocycles. The lowest BCUT2D eigenvalue weighted by Crippen LogP contribution is -2.30. The van der Waals surface area contributed by atoms with Gasteiger partial charge in [-0.1, -0.05) is 6.92 Å². The van der Waals surface area contributed by atoms with Gasteiger partial charge in [-0.05, 0) is 37.0 Å². The van der Waals surface area contributed by atoms with E-state index >= 15 is 0 Å². The molecule has 0 aromatic heterocycles. The smallest absolute Gasteiger partial charge is 0.306 e. The molecule has 0 amide bonds. The van der Waals surface area contributed by atoms with Gasteiger partial charge in [-0.15, -0.1) is 0 Å². The second-order valence-electron chi connectivity index (χ2n) is 5.31. The number of ether oxygens (including phenoxy) is 1. The highest BCUT2D eigenvalue weighted by Gasteiger charge is 2.57. The highest BCUT2D eigenvalue weighted by atomic mass is 16.5. The Bertz CT molecular complexity index is 259. The molecule has 3 unspecified atom stereocenters. The predicted molar refractivity (Wildman–Crippen MR) is 48.0 cm³/mol. The molecule has 0 aromatic carbocycles. The van der Waals surface area contributed by atoms with Gasteiger partial charge < -0.3 is 4.74 Å². The molecule has 3 rings (SSSR count). The standard InChI is InChI=1S/C11H16O2/c1-7-2-9-3-8(7)4-11(9)5-10(12)13-6-11/h7-9H,2-6H2,1H3/t7-,8?,9?,11?/m0/s1. The number of carbonyl (C=O) groups excluding carboxylic acids is 1. The molecule has 2 bridgehead atoms. The second-order valence-corrected chi connectivity index (χ2v) is 5.31. The van der Waals surface area contributed by atoms with Gasteiger partial charge in [-0.3, -0.25) is 4.79 Å². The summed E-state index contributed by atoms with van der Waals surface area (Å²) >= 11 is 0. The largest absolute Gasteiger partial charge is 0.465 e. The molecule has 1 aliphatic heterocycles. The highest BCUT2D eigenvalue weighted by Crippen LogP contribution is 2.61. The van der Waals surface area contributed by atoms with Crippen LogP contribution in [0.5, 0.6) is 0 Å². The van der Waals surface area contributed by atoms with Gasteiger partial charge in [0, 0.05) is 5.41 Å². The average Bonchev–Trinajstić information content (AvgIpc) is 2.68. The Kier molecular flexibility index (Phi) is 1.38. The van der Waals surface area contributed by atoms with Crippen molar-refractivity contribution in [3.8, 4) is 0 Å². The van der Waals surface area contributed by atoms with Gasteiger partial charge in [-0.2, -0.15) is 0 Å². The first-order chi connectivity index (χ1) is 6.20. The molecule has 0 aromatic rings. The van der Waals surface area contributed by atoms with E-state index in [1.807, 2.05) is 0 Å². The summed E-state index contributed by atoms with van der Waals surface area (Å²) in [5.41, 5.74) is 0.286. The minimum absolute atomic E-state index is 0.0419. The van der Waals surface area contributed by atoms with Crippen molar-refractivity contribution in [2.45, 2.75) is 32.6 Å². The first-order valence-electron chi connectivity index (χ1n) is 5.35. The third-order valence-electron chi connectivity index (χ3n) is 4.60. The Balaban J connectivity index is 1.85. The monoisotopic (exact) mass is 180 g/mol. The van der Waals surface area contributed by atoms with Gasteiger partial charge in [0.1, 0.15) is 0 Å². The Morgan fingerprint density at radius 2 is 2.31 bits per heavy atom.